The van der Waals surface area contributed by atoms with E-state index in [0.717, 1.165) is 11.3 Å². The Morgan fingerprint density at radius 3 is 2.52 bits per heavy atom. The molecule has 2 aromatic rings. The van der Waals surface area contributed by atoms with Gasteiger partial charge in [-0.05, 0) is 11.6 Å². The third-order valence-electron chi connectivity index (χ3n) is 4.54. The maximum atomic E-state index is 13.7. The van der Waals surface area contributed by atoms with Crippen LogP contribution in [0.25, 0.3) is 0 Å². The fourth-order valence-corrected chi connectivity index (χ4v) is 2.97. The molecule has 0 atom stereocenters. The smallest absolute Gasteiger partial charge is 0.243 e. The SMILES string of the molecule is CN(Cc1ccccc1F)C(=O)CCC(=O)N1CCC(c2ccccc2)=N1. The Labute approximate surface area is 158 Å². The molecule has 27 heavy (non-hydrogen) atoms. The van der Waals surface area contributed by atoms with E-state index >= 15 is 0 Å². The monoisotopic (exact) mass is 367 g/mol. The van der Waals surface area contributed by atoms with Gasteiger partial charge in [0.25, 0.3) is 0 Å². The van der Waals surface area contributed by atoms with Gasteiger partial charge < -0.3 is 4.90 Å². The molecular weight excluding hydrogens is 345 g/mol. The van der Waals surface area contributed by atoms with Crippen LogP contribution in [0.5, 0.6) is 0 Å². The lowest BCUT2D eigenvalue weighted by Crippen LogP contribution is -2.29. The van der Waals surface area contributed by atoms with Crippen molar-refractivity contribution in [2.75, 3.05) is 13.6 Å². The van der Waals surface area contributed by atoms with Crippen LogP contribution in [0.2, 0.25) is 0 Å². The number of carbonyl (C=O) groups excluding carboxylic acids is 2. The van der Waals surface area contributed by atoms with Crippen molar-refractivity contribution in [2.24, 2.45) is 5.10 Å². The third kappa shape index (κ3) is 4.78. The second-order valence-corrected chi connectivity index (χ2v) is 6.52. The highest BCUT2D eigenvalue weighted by molar-refractivity contribution is 6.02. The lowest BCUT2D eigenvalue weighted by molar-refractivity contribution is -0.136. The summed E-state index contributed by atoms with van der Waals surface area (Å²) in [5.41, 5.74) is 2.34. The van der Waals surface area contributed by atoms with Gasteiger partial charge in [-0.2, -0.15) is 5.10 Å². The summed E-state index contributed by atoms with van der Waals surface area (Å²) in [6.07, 6.45) is 0.874. The normalized spacial score (nSPS) is 13.4. The van der Waals surface area contributed by atoms with E-state index in [9.17, 15) is 14.0 Å². The van der Waals surface area contributed by atoms with Crippen molar-refractivity contribution in [1.82, 2.24) is 9.91 Å². The minimum absolute atomic E-state index is 0.0798. The summed E-state index contributed by atoms with van der Waals surface area (Å²) in [5, 5.41) is 5.82. The van der Waals surface area contributed by atoms with Gasteiger partial charge in [-0.25, -0.2) is 9.40 Å². The van der Waals surface area contributed by atoms with E-state index < -0.39 is 0 Å². The van der Waals surface area contributed by atoms with Crippen molar-refractivity contribution >= 4 is 17.5 Å². The van der Waals surface area contributed by atoms with E-state index in [2.05, 4.69) is 5.10 Å². The van der Waals surface area contributed by atoms with Gasteiger partial charge >= 0.3 is 0 Å². The molecule has 5 nitrogen and oxygen atoms in total. The Kier molecular flexibility index (Phi) is 5.96. The summed E-state index contributed by atoms with van der Waals surface area (Å²) in [5.74, 6) is -0.709. The number of hydrazone groups is 1. The lowest BCUT2D eigenvalue weighted by atomic mass is 10.1. The quantitative estimate of drug-likeness (QED) is 0.787. The summed E-state index contributed by atoms with van der Waals surface area (Å²) in [6, 6.07) is 16.1. The molecule has 0 aliphatic carbocycles. The fourth-order valence-electron chi connectivity index (χ4n) is 2.97. The van der Waals surface area contributed by atoms with E-state index in [-0.39, 0.29) is 37.0 Å². The molecule has 140 valence electrons. The van der Waals surface area contributed by atoms with Crippen LogP contribution in [0.3, 0.4) is 0 Å². The number of rotatable bonds is 6. The Morgan fingerprint density at radius 2 is 1.78 bits per heavy atom. The second-order valence-electron chi connectivity index (χ2n) is 6.52. The zero-order valence-electron chi connectivity index (χ0n) is 15.3. The fraction of sp³-hybridized carbons (Fsp3) is 0.286. The highest BCUT2D eigenvalue weighted by Crippen LogP contribution is 2.15. The molecule has 1 aliphatic rings. The largest absolute Gasteiger partial charge is 0.341 e. The van der Waals surface area contributed by atoms with Gasteiger partial charge in [-0.3, -0.25) is 9.59 Å². The lowest BCUT2D eigenvalue weighted by Gasteiger charge is -2.18. The van der Waals surface area contributed by atoms with Gasteiger partial charge in [0.15, 0.2) is 0 Å². The number of benzene rings is 2. The summed E-state index contributed by atoms with van der Waals surface area (Å²) < 4.78 is 13.7. The van der Waals surface area contributed by atoms with Crippen LogP contribution < -0.4 is 0 Å². The van der Waals surface area contributed by atoms with Crippen LogP contribution in [0.4, 0.5) is 4.39 Å². The van der Waals surface area contributed by atoms with Crippen LogP contribution in [-0.4, -0.2) is 41.0 Å². The third-order valence-corrected chi connectivity index (χ3v) is 4.54. The van der Waals surface area contributed by atoms with Crippen molar-refractivity contribution in [2.45, 2.75) is 25.8 Å². The van der Waals surface area contributed by atoms with E-state index in [1.807, 2.05) is 30.3 Å². The zero-order chi connectivity index (χ0) is 19.2. The molecule has 0 saturated heterocycles. The average Bonchev–Trinajstić information content (AvgIpc) is 3.18. The Hall–Kier alpha value is -3.02. The molecule has 0 saturated carbocycles. The predicted molar refractivity (Wildman–Crippen MR) is 101 cm³/mol. The van der Waals surface area contributed by atoms with Gasteiger partial charge in [0.2, 0.25) is 11.8 Å². The number of carbonyl (C=O) groups is 2. The summed E-state index contributed by atoms with van der Waals surface area (Å²) >= 11 is 0. The molecule has 0 unspecified atom stereocenters. The van der Waals surface area contributed by atoms with Gasteiger partial charge in [0, 0.05) is 38.4 Å². The van der Waals surface area contributed by atoms with E-state index in [0.29, 0.717) is 18.5 Å². The van der Waals surface area contributed by atoms with Crippen LogP contribution >= 0.6 is 0 Å². The summed E-state index contributed by atoms with van der Waals surface area (Å²) in [7, 11) is 1.61. The first-order valence-corrected chi connectivity index (χ1v) is 8.95. The number of hydrogen-bond acceptors (Lipinski definition) is 3. The zero-order valence-corrected chi connectivity index (χ0v) is 15.3. The maximum absolute atomic E-state index is 13.7. The summed E-state index contributed by atoms with van der Waals surface area (Å²) in [4.78, 5) is 26.0. The topological polar surface area (TPSA) is 53.0 Å². The first kappa shape index (κ1) is 18.8. The molecule has 0 bridgehead atoms. The van der Waals surface area contributed by atoms with E-state index in [4.69, 9.17) is 0 Å². The minimum Gasteiger partial charge on any atom is -0.341 e. The molecule has 2 aromatic carbocycles. The maximum Gasteiger partial charge on any atom is 0.243 e. The molecule has 1 heterocycles. The average molecular weight is 367 g/mol. The molecule has 0 radical (unpaired) electrons. The Balaban J connectivity index is 1.51. The molecule has 0 spiro atoms. The first-order valence-electron chi connectivity index (χ1n) is 8.95. The first-order chi connectivity index (χ1) is 13.0. The van der Waals surface area contributed by atoms with Crippen molar-refractivity contribution in [3.63, 3.8) is 0 Å². The van der Waals surface area contributed by atoms with Gasteiger partial charge in [-0.1, -0.05) is 48.5 Å². The molecule has 3 rings (SSSR count). The number of nitrogens with zero attached hydrogens (tertiary/aromatic N) is 3. The van der Waals surface area contributed by atoms with Gasteiger partial charge in [0.05, 0.1) is 12.3 Å². The van der Waals surface area contributed by atoms with Gasteiger partial charge in [0.1, 0.15) is 5.82 Å². The minimum atomic E-state index is -0.340. The predicted octanol–water partition coefficient (Wildman–Crippen LogP) is 3.20. The van der Waals surface area contributed by atoms with Crippen molar-refractivity contribution in [3.8, 4) is 0 Å². The summed E-state index contributed by atoms with van der Waals surface area (Å²) in [6.45, 7) is 0.710. The van der Waals surface area contributed by atoms with Crippen LogP contribution in [-0.2, 0) is 16.1 Å². The number of hydrogen-bond donors (Lipinski definition) is 0. The molecule has 0 N–H and O–H groups in total. The highest BCUT2D eigenvalue weighted by atomic mass is 19.1. The molecule has 1 aliphatic heterocycles. The molecular formula is C21H22FN3O2. The standard InChI is InChI=1S/C21H22FN3O2/c1-24(15-17-9-5-6-10-18(17)22)20(26)11-12-21(27)25-14-13-19(23-25)16-7-3-2-4-8-16/h2-10H,11-15H2,1H3. The van der Waals surface area contributed by atoms with E-state index in [1.54, 1.807) is 25.2 Å². The highest BCUT2D eigenvalue weighted by Gasteiger charge is 2.22. The Bertz CT molecular complexity index is 852. The second kappa shape index (κ2) is 8.58. The van der Waals surface area contributed by atoms with Crippen LogP contribution in [0, 0.1) is 5.82 Å². The molecule has 0 aromatic heterocycles. The van der Waals surface area contributed by atoms with Crippen molar-refractivity contribution < 1.29 is 14.0 Å². The molecule has 6 heteroatoms. The number of amides is 2. The van der Waals surface area contributed by atoms with E-state index in [1.165, 1.54) is 16.0 Å². The van der Waals surface area contributed by atoms with Gasteiger partial charge in [-0.15, -0.1) is 0 Å². The number of halogens is 1. The molecule has 2 amide bonds. The molecule has 0 fully saturated rings. The van der Waals surface area contributed by atoms with Crippen molar-refractivity contribution in [1.29, 1.82) is 0 Å². The van der Waals surface area contributed by atoms with Crippen LogP contribution in [0.1, 0.15) is 30.4 Å². The Morgan fingerprint density at radius 1 is 1.07 bits per heavy atom. The van der Waals surface area contributed by atoms with Crippen LogP contribution in [0.15, 0.2) is 59.7 Å². The van der Waals surface area contributed by atoms with Crippen molar-refractivity contribution in [3.05, 3.63) is 71.5 Å².